The van der Waals surface area contributed by atoms with Crippen LogP contribution in [0.4, 0.5) is 0 Å². The van der Waals surface area contributed by atoms with E-state index in [9.17, 15) is 9.59 Å². The van der Waals surface area contributed by atoms with Crippen LogP contribution in [-0.4, -0.2) is 55.1 Å². The number of carbonyl (C=O) groups excluding carboxylic acids is 2. The number of rotatable bonds is 6. The number of carbonyl (C=O) groups is 2. The Labute approximate surface area is 152 Å². The van der Waals surface area contributed by atoms with Crippen molar-refractivity contribution in [3.63, 3.8) is 0 Å². The second-order valence-corrected chi connectivity index (χ2v) is 7.81. The summed E-state index contributed by atoms with van der Waals surface area (Å²) in [5.74, 6) is 0.185. The minimum atomic E-state index is -0.343. The molecule has 25 heavy (non-hydrogen) atoms. The largest absolute Gasteiger partial charge is 0.364 e. The van der Waals surface area contributed by atoms with Gasteiger partial charge in [-0.15, -0.1) is 11.3 Å². The van der Waals surface area contributed by atoms with E-state index in [0.717, 1.165) is 32.1 Å². The van der Waals surface area contributed by atoms with Gasteiger partial charge in [-0.3, -0.25) is 9.59 Å². The lowest BCUT2D eigenvalue weighted by atomic mass is 9.95. The molecular formula is C18H27N3O3S. The summed E-state index contributed by atoms with van der Waals surface area (Å²) >= 11 is 1.71. The first-order valence-corrected chi connectivity index (χ1v) is 9.99. The molecule has 2 aliphatic rings. The zero-order chi connectivity index (χ0) is 17.6. The Kier molecular flexibility index (Phi) is 6.45. The number of ether oxygens (including phenoxy) is 1. The van der Waals surface area contributed by atoms with Crippen LogP contribution >= 0.6 is 11.3 Å². The van der Waals surface area contributed by atoms with Crippen molar-refractivity contribution < 1.29 is 14.3 Å². The summed E-state index contributed by atoms with van der Waals surface area (Å²) in [6, 6.07) is 4.11. The van der Waals surface area contributed by atoms with E-state index < -0.39 is 0 Å². The number of likely N-dealkylation sites (tertiary alicyclic amines) is 1. The Hall–Kier alpha value is -1.44. The molecule has 2 saturated heterocycles. The highest BCUT2D eigenvalue weighted by Crippen LogP contribution is 2.24. The zero-order valence-corrected chi connectivity index (χ0v) is 15.3. The van der Waals surface area contributed by atoms with Crippen LogP contribution in [0.15, 0.2) is 17.5 Å². The van der Waals surface area contributed by atoms with Crippen molar-refractivity contribution >= 4 is 23.2 Å². The van der Waals surface area contributed by atoms with Gasteiger partial charge in [0.15, 0.2) is 0 Å². The van der Waals surface area contributed by atoms with Gasteiger partial charge in [-0.25, -0.2) is 0 Å². The number of hydrogen-bond acceptors (Lipinski definition) is 5. The van der Waals surface area contributed by atoms with Gasteiger partial charge in [0, 0.05) is 37.0 Å². The molecule has 0 aliphatic carbocycles. The molecule has 3 rings (SSSR count). The second kappa shape index (κ2) is 8.78. The van der Waals surface area contributed by atoms with Gasteiger partial charge in [-0.1, -0.05) is 6.07 Å². The molecule has 0 saturated carbocycles. The van der Waals surface area contributed by atoms with Crippen LogP contribution in [0.5, 0.6) is 0 Å². The predicted molar refractivity (Wildman–Crippen MR) is 97.3 cm³/mol. The third kappa shape index (κ3) is 4.80. The van der Waals surface area contributed by atoms with E-state index in [-0.39, 0.29) is 29.9 Å². The van der Waals surface area contributed by atoms with Crippen LogP contribution in [0.2, 0.25) is 0 Å². The van der Waals surface area contributed by atoms with Gasteiger partial charge in [0.1, 0.15) is 6.10 Å². The van der Waals surface area contributed by atoms with E-state index in [1.807, 2.05) is 16.3 Å². The van der Waals surface area contributed by atoms with Crippen LogP contribution in [0.3, 0.4) is 0 Å². The van der Waals surface area contributed by atoms with E-state index in [1.165, 1.54) is 4.88 Å². The molecule has 6 nitrogen and oxygen atoms in total. The SMILES string of the molecule is NC[C@H]1CC[C@@H](C(=O)N2CCC(C(=O)NCCc3cccs3)CC2)O1. The molecule has 2 fully saturated rings. The van der Waals surface area contributed by atoms with Crippen molar-refractivity contribution in [1.29, 1.82) is 0 Å². The summed E-state index contributed by atoms with van der Waals surface area (Å²) in [6.45, 7) is 2.41. The van der Waals surface area contributed by atoms with Gasteiger partial charge in [0.05, 0.1) is 6.10 Å². The van der Waals surface area contributed by atoms with Gasteiger partial charge in [-0.05, 0) is 43.6 Å². The Morgan fingerprint density at radius 3 is 2.72 bits per heavy atom. The molecule has 1 aromatic rings. The molecule has 2 atom stereocenters. The Balaban J connectivity index is 1.37. The maximum Gasteiger partial charge on any atom is 0.251 e. The molecule has 0 aromatic carbocycles. The molecule has 0 unspecified atom stereocenters. The predicted octanol–water partition coefficient (Wildman–Crippen LogP) is 1.15. The van der Waals surface area contributed by atoms with Gasteiger partial charge in [0.25, 0.3) is 5.91 Å². The molecule has 0 radical (unpaired) electrons. The van der Waals surface area contributed by atoms with Crippen LogP contribution in [0.1, 0.15) is 30.6 Å². The molecule has 3 heterocycles. The Morgan fingerprint density at radius 2 is 2.08 bits per heavy atom. The molecule has 0 spiro atoms. The van der Waals surface area contributed by atoms with Crippen molar-refractivity contribution in [2.45, 2.75) is 44.3 Å². The van der Waals surface area contributed by atoms with Crippen molar-refractivity contribution in [1.82, 2.24) is 10.2 Å². The number of nitrogens with one attached hydrogen (secondary N) is 1. The summed E-state index contributed by atoms with van der Waals surface area (Å²) in [6.07, 6.45) is 3.61. The summed E-state index contributed by atoms with van der Waals surface area (Å²) in [5, 5.41) is 5.08. The van der Waals surface area contributed by atoms with Gasteiger partial charge >= 0.3 is 0 Å². The van der Waals surface area contributed by atoms with E-state index >= 15 is 0 Å². The summed E-state index contributed by atoms with van der Waals surface area (Å²) < 4.78 is 5.69. The quantitative estimate of drug-likeness (QED) is 0.792. The summed E-state index contributed by atoms with van der Waals surface area (Å²) in [7, 11) is 0. The molecule has 138 valence electrons. The highest BCUT2D eigenvalue weighted by Gasteiger charge is 2.35. The normalized spacial score (nSPS) is 24.4. The first kappa shape index (κ1) is 18.4. The zero-order valence-electron chi connectivity index (χ0n) is 14.5. The molecule has 2 aliphatic heterocycles. The topological polar surface area (TPSA) is 84.7 Å². The van der Waals surface area contributed by atoms with Crippen molar-refractivity contribution in [3.8, 4) is 0 Å². The lowest BCUT2D eigenvalue weighted by molar-refractivity contribution is -0.145. The second-order valence-electron chi connectivity index (χ2n) is 6.78. The molecule has 7 heteroatoms. The van der Waals surface area contributed by atoms with Gasteiger partial charge in [-0.2, -0.15) is 0 Å². The third-order valence-corrected chi connectivity index (χ3v) is 6.01. The molecule has 1 aromatic heterocycles. The summed E-state index contributed by atoms with van der Waals surface area (Å²) in [5.41, 5.74) is 5.60. The lowest BCUT2D eigenvalue weighted by Crippen LogP contribution is -2.46. The molecule has 3 N–H and O–H groups in total. The number of piperidine rings is 1. The highest BCUT2D eigenvalue weighted by molar-refractivity contribution is 7.09. The van der Waals surface area contributed by atoms with E-state index in [0.29, 0.717) is 26.2 Å². The summed E-state index contributed by atoms with van der Waals surface area (Å²) in [4.78, 5) is 27.9. The molecule has 0 bridgehead atoms. The van der Waals surface area contributed by atoms with Crippen molar-refractivity contribution in [3.05, 3.63) is 22.4 Å². The first-order valence-electron chi connectivity index (χ1n) is 9.11. The highest BCUT2D eigenvalue weighted by atomic mass is 32.1. The minimum absolute atomic E-state index is 0.00803. The average Bonchev–Trinajstić information content (AvgIpc) is 3.33. The van der Waals surface area contributed by atoms with E-state index in [4.69, 9.17) is 10.5 Å². The lowest BCUT2D eigenvalue weighted by Gasteiger charge is -2.32. The number of nitrogens with two attached hydrogens (primary N) is 1. The maximum absolute atomic E-state index is 12.5. The first-order chi connectivity index (χ1) is 12.2. The number of hydrogen-bond donors (Lipinski definition) is 2. The number of amides is 2. The fourth-order valence-electron chi connectivity index (χ4n) is 3.53. The van der Waals surface area contributed by atoms with Crippen molar-refractivity contribution in [2.24, 2.45) is 11.7 Å². The smallest absolute Gasteiger partial charge is 0.251 e. The van der Waals surface area contributed by atoms with Crippen LogP contribution in [-0.2, 0) is 20.7 Å². The third-order valence-electron chi connectivity index (χ3n) is 5.07. The van der Waals surface area contributed by atoms with Crippen LogP contribution in [0.25, 0.3) is 0 Å². The minimum Gasteiger partial charge on any atom is -0.364 e. The number of thiophene rings is 1. The molecular weight excluding hydrogens is 338 g/mol. The monoisotopic (exact) mass is 365 g/mol. The maximum atomic E-state index is 12.5. The number of nitrogens with zero attached hydrogens (tertiary/aromatic N) is 1. The van der Waals surface area contributed by atoms with E-state index in [1.54, 1.807) is 11.3 Å². The van der Waals surface area contributed by atoms with Crippen LogP contribution in [0, 0.1) is 5.92 Å². The van der Waals surface area contributed by atoms with Crippen LogP contribution < -0.4 is 11.1 Å². The Bertz CT molecular complexity index is 570. The fraction of sp³-hybridized carbons (Fsp3) is 0.667. The van der Waals surface area contributed by atoms with Gasteiger partial charge < -0.3 is 20.7 Å². The standard InChI is InChI=1S/C18H27N3O3S/c19-12-14-3-4-16(24-14)18(23)21-9-6-13(7-10-21)17(22)20-8-5-15-2-1-11-25-15/h1-2,11,13-14,16H,3-10,12,19H2,(H,20,22)/t14-,16+/m1/s1. The van der Waals surface area contributed by atoms with Crippen molar-refractivity contribution in [2.75, 3.05) is 26.2 Å². The van der Waals surface area contributed by atoms with E-state index in [2.05, 4.69) is 11.4 Å². The Morgan fingerprint density at radius 1 is 1.28 bits per heavy atom. The van der Waals surface area contributed by atoms with Gasteiger partial charge in [0.2, 0.25) is 5.91 Å². The fourth-order valence-corrected chi connectivity index (χ4v) is 4.24. The average molecular weight is 365 g/mol. The molecule has 2 amide bonds.